The van der Waals surface area contributed by atoms with Crippen LogP contribution in [0.4, 0.5) is 5.69 Å². The number of benzene rings is 1. The Labute approximate surface area is 121 Å². The second-order valence-corrected chi connectivity index (χ2v) is 5.77. The summed E-state index contributed by atoms with van der Waals surface area (Å²) < 4.78 is 6.02. The van der Waals surface area contributed by atoms with Gasteiger partial charge in [0.15, 0.2) is 11.6 Å². The minimum Gasteiger partial charge on any atom is -0.453 e. The summed E-state index contributed by atoms with van der Waals surface area (Å²) in [6.07, 6.45) is 0. The second kappa shape index (κ2) is 4.92. The number of amidine groups is 1. The van der Waals surface area contributed by atoms with E-state index < -0.39 is 0 Å². The van der Waals surface area contributed by atoms with E-state index in [-0.39, 0.29) is 0 Å². The average molecular weight is 285 g/mol. The Balaban J connectivity index is 1.84. The first kappa shape index (κ1) is 11.9. The van der Waals surface area contributed by atoms with Crippen molar-refractivity contribution >= 4 is 22.9 Å². The van der Waals surface area contributed by atoms with Crippen LogP contribution in [-0.4, -0.2) is 36.9 Å². The van der Waals surface area contributed by atoms with Crippen LogP contribution < -0.4 is 10.1 Å². The largest absolute Gasteiger partial charge is 0.453 e. The van der Waals surface area contributed by atoms with Gasteiger partial charge in [0.05, 0.1) is 0 Å². The molecule has 4 rings (SSSR count). The molecule has 0 unspecified atom stereocenters. The zero-order chi connectivity index (χ0) is 13.4. The van der Waals surface area contributed by atoms with E-state index in [1.165, 1.54) is 0 Å². The highest BCUT2D eigenvalue weighted by atomic mass is 32.1. The molecule has 1 aromatic carbocycles. The Kier molecular flexibility index (Phi) is 2.94. The first-order valence-corrected chi connectivity index (χ1v) is 7.69. The van der Waals surface area contributed by atoms with Crippen molar-refractivity contribution in [3.8, 4) is 11.5 Å². The van der Waals surface area contributed by atoms with E-state index in [0.717, 1.165) is 54.1 Å². The Morgan fingerprint density at radius 1 is 1.10 bits per heavy atom. The van der Waals surface area contributed by atoms with Gasteiger partial charge in [0.2, 0.25) is 0 Å². The number of nitrogens with zero attached hydrogens (tertiary/aromatic N) is 2. The number of fused-ring (bicyclic) bond motifs is 2. The number of piperazine rings is 1. The molecule has 2 aliphatic heterocycles. The second-order valence-electron chi connectivity index (χ2n) is 4.86. The van der Waals surface area contributed by atoms with Crippen LogP contribution in [-0.2, 0) is 0 Å². The Bertz CT molecular complexity index is 659. The lowest BCUT2D eigenvalue weighted by atomic mass is 10.3. The maximum absolute atomic E-state index is 6.02. The number of aliphatic imine (C=N–C) groups is 1. The summed E-state index contributed by atoms with van der Waals surface area (Å²) in [5, 5.41) is 5.45. The topological polar surface area (TPSA) is 36.9 Å². The van der Waals surface area contributed by atoms with E-state index in [4.69, 9.17) is 9.73 Å². The first-order valence-electron chi connectivity index (χ1n) is 6.81. The van der Waals surface area contributed by atoms with Crippen molar-refractivity contribution in [2.24, 2.45) is 4.99 Å². The lowest BCUT2D eigenvalue weighted by Gasteiger charge is -2.29. The predicted molar refractivity (Wildman–Crippen MR) is 81.5 cm³/mol. The molecule has 1 N–H and O–H groups in total. The molecular formula is C15H15N3OS. The van der Waals surface area contributed by atoms with Gasteiger partial charge >= 0.3 is 0 Å². The van der Waals surface area contributed by atoms with Crippen molar-refractivity contribution in [3.05, 3.63) is 40.6 Å². The van der Waals surface area contributed by atoms with Crippen molar-refractivity contribution < 1.29 is 4.74 Å². The molecule has 2 aliphatic rings. The third-order valence-corrected chi connectivity index (χ3v) is 4.45. The van der Waals surface area contributed by atoms with Crippen molar-refractivity contribution in [2.45, 2.75) is 0 Å². The van der Waals surface area contributed by atoms with Gasteiger partial charge in [-0.1, -0.05) is 12.1 Å². The van der Waals surface area contributed by atoms with Crippen LogP contribution in [0.3, 0.4) is 0 Å². The smallest absolute Gasteiger partial charge is 0.153 e. The molecule has 1 aromatic heterocycles. The summed E-state index contributed by atoms with van der Waals surface area (Å²) in [7, 11) is 0. The van der Waals surface area contributed by atoms with Crippen LogP contribution in [0.2, 0.25) is 0 Å². The van der Waals surface area contributed by atoms with Crippen LogP contribution in [0.15, 0.2) is 40.7 Å². The number of nitrogens with one attached hydrogen (secondary N) is 1. The molecule has 1 fully saturated rings. The van der Waals surface area contributed by atoms with Gasteiger partial charge in [-0.25, -0.2) is 4.99 Å². The van der Waals surface area contributed by atoms with E-state index in [1.807, 2.05) is 30.3 Å². The molecule has 20 heavy (non-hydrogen) atoms. The van der Waals surface area contributed by atoms with E-state index in [0.29, 0.717) is 0 Å². The third kappa shape index (κ3) is 1.99. The number of thiophene rings is 1. The molecule has 0 saturated carbocycles. The standard InChI is InChI=1S/C15H15N3OS/c1-2-4-12-11(3-1)17-15(18-8-6-16-7-9-18)14-13(19-12)5-10-20-14/h1-5,10,16H,6-9H2. The van der Waals surface area contributed by atoms with Crippen molar-refractivity contribution in [3.63, 3.8) is 0 Å². The predicted octanol–water partition coefficient (Wildman–Crippen LogP) is 2.84. The molecule has 0 radical (unpaired) electrons. The van der Waals surface area contributed by atoms with Crippen LogP contribution in [0.5, 0.6) is 11.5 Å². The monoisotopic (exact) mass is 285 g/mol. The molecule has 0 atom stereocenters. The molecule has 5 heteroatoms. The van der Waals surface area contributed by atoms with Crippen LogP contribution >= 0.6 is 11.3 Å². The molecule has 102 valence electrons. The Hall–Kier alpha value is -1.85. The summed E-state index contributed by atoms with van der Waals surface area (Å²) in [5.74, 6) is 2.79. The van der Waals surface area contributed by atoms with Gasteiger partial charge in [0.25, 0.3) is 0 Å². The quantitative estimate of drug-likeness (QED) is 0.808. The van der Waals surface area contributed by atoms with Crippen molar-refractivity contribution in [2.75, 3.05) is 26.2 Å². The van der Waals surface area contributed by atoms with E-state index in [1.54, 1.807) is 11.3 Å². The number of rotatable bonds is 0. The highest BCUT2D eigenvalue weighted by Crippen LogP contribution is 2.40. The Morgan fingerprint density at radius 2 is 1.95 bits per heavy atom. The molecule has 2 aromatic rings. The van der Waals surface area contributed by atoms with E-state index in [2.05, 4.69) is 15.6 Å². The molecular weight excluding hydrogens is 270 g/mol. The molecule has 0 aliphatic carbocycles. The highest BCUT2D eigenvalue weighted by Gasteiger charge is 2.24. The lowest BCUT2D eigenvalue weighted by molar-refractivity contribution is 0.358. The summed E-state index contributed by atoms with van der Waals surface area (Å²) in [5.41, 5.74) is 0.907. The summed E-state index contributed by atoms with van der Waals surface area (Å²) in [6, 6.07) is 9.99. The zero-order valence-corrected chi connectivity index (χ0v) is 11.8. The SMILES string of the molecule is c1ccc2c(c1)N=C(N1CCNCC1)c1sccc1O2. The number of hydrogen-bond acceptors (Lipinski definition) is 5. The molecule has 0 spiro atoms. The lowest BCUT2D eigenvalue weighted by Crippen LogP contribution is -2.46. The summed E-state index contributed by atoms with van der Waals surface area (Å²) in [6.45, 7) is 3.97. The molecule has 0 bridgehead atoms. The van der Waals surface area contributed by atoms with Gasteiger partial charge < -0.3 is 15.0 Å². The van der Waals surface area contributed by atoms with E-state index >= 15 is 0 Å². The zero-order valence-electron chi connectivity index (χ0n) is 11.0. The number of ether oxygens (including phenoxy) is 1. The van der Waals surface area contributed by atoms with Gasteiger partial charge in [-0.3, -0.25) is 0 Å². The van der Waals surface area contributed by atoms with Crippen LogP contribution in [0, 0.1) is 0 Å². The highest BCUT2D eigenvalue weighted by molar-refractivity contribution is 7.12. The van der Waals surface area contributed by atoms with Crippen LogP contribution in [0.25, 0.3) is 0 Å². The van der Waals surface area contributed by atoms with Crippen LogP contribution in [0.1, 0.15) is 4.88 Å². The molecule has 1 saturated heterocycles. The third-order valence-electron chi connectivity index (χ3n) is 3.56. The summed E-state index contributed by atoms with van der Waals surface area (Å²) >= 11 is 1.69. The van der Waals surface area contributed by atoms with Gasteiger partial charge in [-0.2, -0.15) is 0 Å². The maximum Gasteiger partial charge on any atom is 0.153 e. The number of para-hydroxylation sites is 2. The van der Waals surface area contributed by atoms with Gasteiger partial charge in [-0.05, 0) is 23.6 Å². The first-order chi connectivity index (χ1) is 9.92. The minimum atomic E-state index is 0.831. The minimum absolute atomic E-state index is 0.831. The maximum atomic E-state index is 6.02. The van der Waals surface area contributed by atoms with Gasteiger partial charge in [0.1, 0.15) is 16.3 Å². The fourth-order valence-corrected chi connectivity index (χ4v) is 3.38. The van der Waals surface area contributed by atoms with Gasteiger partial charge in [0, 0.05) is 26.2 Å². The summed E-state index contributed by atoms with van der Waals surface area (Å²) in [4.78, 5) is 8.35. The average Bonchev–Trinajstić information content (AvgIpc) is 2.89. The van der Waals surface area contributed by atoms with Crippen molar-refractivity contribution in [1.82, 2.24) is 10.2 Å². The number of hydrogen-bond donors (Lipinski definition) is 1. The Morgan fingerprint density at radius 3 is 2.85 bits per heavy atom. The fraction of sp³-hybridized carbons (Fsp3) is 0.267. The molecule has 4 nitrogen and oxygen atoms in total. The fourth-order valence-electron chi connectivity index (χ4n) is 2.55. The molecule has 0 amide bonds. The normalized spacial score (nSPS) is 17.6. The molecule has 3 heterocycles. The van der Waals surface area contributed by atoms with Gasteiger partial charge in [-0.15, -0.1) is 11.3 Å². The van der Waals surface area contributed by atoms with Crippen molar-refractivity contribution in [1.29, 1.82) is 0 Å². The van der Waals surface area contributed by atoms with E-state index in [9.17, 15) is 0 Å².